The zero-order chi connectivity index (χ0) is 33.9. The summed E-state index contributed by atoms with van der Waals surface area (Å²) < 4.78 is 16.3. The average Bonchev–Trinajstić information content (AvgIpc) is 3.08. The Hall–Kier alpha value is -5.55. The van der Waals surface area contributed by atoms with Crippen LogP contribution in [0.1, 0.15) is 40.1 Å². The second-order valence-corrected chi connectivity index (χ2v) is 11.6. The molecule has 4 rings (SSSR count). The summed E-state index contributed by atoms with van der Waals surface area (Å²) in [7, 11) is 4.46. The lowest BCUT2D eigenvalue weighted by atomic mass is 10.1. The Kier molecular flexibility index (Phi) is 11.8. The summed E-state index contributed by atoms with van der Waals surface area (Å²) in [5.41, 5.74) is 2.45. The monoisotopic (exact) mass is 653 g/mol. The molecule has 0 spiro atoms. The molecule has 4 aromatic rings. The van der Waals surface area contributed by atoms with Crippen LogP contribution in [0.15, 0.2) is 102 Å². The minimum atomic E-state index is -0.579. The van der Waals surface area contributed by atoms with Crippen LogP contribution in [-0.4, -0.2) is 50.1 Å². The van der Waals surface area contributed by atoms with E-state index in [-0.39, 0.29) is 17.4 Å². The lowest BCUT2D eigenvalue weighted by molar-refractivity contribution is -0.115. The first kappa shape index (κ1) is 34.3. The number of ketones is 1. The van der Waals surface area contributed by atoms with E-state index >= 15 is 0 Å². The second-order valence-electron chi connectivity index (χ2n) is 10.2. The van der Waals surface area contributed by atoms with Crippen LogP contribution in [0.5, 0.6) is 17.2 Å². The maximum Gasteiger partial charge on any atom is 0.272 e. The van der Waals surface area contributed by atoms with E-state index in [2.05, 4.69) is 16.0 Å². The average molecular weight is 654 g/mol. The number of thioether (sulfide) groups is 1. The summed E-state index contributed by atoms with van der Waals surface area (Å²) >= 11 is 1.31. The molecular formula is C36H35N3O7S. The Bertz CT molecular complexity index is 1770. The van der Waals surface area contributed by atoms with Crippen molar-refractivity contribution in [2.75, 3.05) is 32.0 Å². The molecule has 4 aromatic carbocycles. The van der Waals surface area contributed by atoms with Gasteiger partial charge >= 0.3 is 0 Å². The third kappa shape index (κ3) is 9.24. The van der Waals surface area contributed by atoms with E-state index in [1.165, 1.54) is 46.1 Å². The normalized spacial score (nSPS) is 11.6. The molecular weight excluding hydrogens is 618 g/mol. The number of hydrogen-bond acceptors (Lipinski definition) is 8. The van der Waals surface area contributed by atoms with Crippen LogP contribution < -0.4 is 30.2 Å². The Morgan fingerprint density at radius 3 is 1.98 bits per heavy atom. The van der Waals surface area contributed by atoms with Gasteiger partial charge in [-0.3, -0.25) is 19.2 Å². The summed E-state index contributed by atoms with van der Waals surface area (Å²) in [4.78, 5) is 51.9. The fraction of sp³-hybridized carbons (Fsp3) is 0.167. The fourth-order valence-electron chi connectivity index (χ4n) is 4.43. The second kappa shape index (κ2) is 16.1. The van der Waals surface area contributed by atoms with Crippen molar-refractivity contribution in [3.63, 3.8) is 0 Å². The van der Waals surface area contributed by atoms with E-state index in [1.807, 2.05) is 6.07 Å². The first-order chi connectivity index (χ1) is 22.6. The number of methoxy groups -OCH3 is 3. The number of nitrogens with one attached hydrogen (secondary N) is 3. The van der Waals surface area contributed by atoms with Gasteiger partial charge in [0.1, 0.15) is 5.70 Å². The van der Waals surface area contributed by atoms with Crippen molar-refractivity contribution in [2.24, 2.45) is 0 Å². The number of hydrogen-bond donors (Lipinski definition) is 3. The number of carbonyl (C=O) groups excluding carboxylic acids is 4. The van der Waals surface area contributed by atoms with Crippen molar-refractivity contribution in [3.8, 4) is 17.2 Å². The van der Waals surface area contributed by atoms with Crippen LogP contribution in [0.4, 0.5) is 11.4 Å². The quantitative estimate of drug-likeness (QED) is 0.0853. The Balaban J connectivity index is 1.54. The first-order valence-electron chi connectivity index (χ1n) is 14.5. The molecule has 0 aliphatic heterocycles. The molecule has 0 radical (unpaired) electrons. The van der Waals surface area contributed by atoms with Gasteiger partial charge in [0.15, 0.2) is 17.3 Å². The van der Waals surface area contributed by atoms with Gasteiger partial charge in [0.2, 0.25) is 11.7 Å². The maximum atomic E-state index is 13.7. The fourth-order valence-corrected chi connectivity index (χ4v) is 5.36. The summed E-state index contributed by atoms with van der Waals surface area (Å²) in [5.74, 6) is -0.189. The van der Waals surface area contributed by atoms with Gasteiger partial charge in [-0.1, -0.05) is 24.3 Å². The standard InChI is InChI=1S/C36H35N3O7S/c1-22(40)25-14-16-27(17-15-25)37-34(41)23(2)47-29-13-9-12-28(21-29)38-36(43)30(39-35(42)26-10-7-6-8-11-26)18-24-19-31(44-3)33(46-5)32(20-24)45-4/h6-21,23H,1-5H3,(H,37,41)(H,38,43)(H,39,42)/b30-18+. The van der Waals surface area contributed by atoms with Crippen LogP contribution in [0.2, 0.25) is 0 Å². The predicted molar refractivity (Wildman–Crippen MR) is 183 cm³/mol. The number of rotatable bonds is 13. The van der Waals surface area contributed by atoms with Crippen molar-refractivity contribution < 1.29 is 33.4 Å². The molecule has 0 aliphatic carbocycles. The van der Waals surface area contributed by atoms with E-state index in [1.54, 1.807) is 91.9 Å². The van der Waals surface area contributed by atoms with Gasteiger partial charge < -0.3 is 30.2 Å². The molecule has 242 valence electrons. The summed E-state index contributed by atoms with van der Waals surface area (Å²) in [5, 5.41) is 7.94. The van der Waals surface area contributed by atoms with Gasteiger partial charge in [0, 0.05) is 27.4 Å². The van der Waals surface area contributed by atoms with Crippen LogP contribution in [0, 0.1) is 0 Å². The molecule has 10 nitrogen and oxygen atoms in total. The minimum Gasteiger partial charge on any atom is -0.493 e. The summed E-state index contributed by atoms with van der Waals surface area (Å²) in [6, 6.07) is 25.6. The van der Waals surface area contributed by atoms with Crippen molar-refractivity contribution in [1.82, 2.24) is 5.32 Å². The largest absolute Gasteiger partial charge is 0.493 e. The molecule has 3 amide bonds. The minimum absolute atomic E-state index is 0.0327. The van der Waals surface area contributed by atoms with E-state index in [0.29, 0.717) is 45.3 Å². The van der Waals surface area contributed by atoms with Crippen molar-refractivity contribution in [1.29, 1.82) is 0 Å². The lowest BCUT2D eigenvalue weighted by Crippen LogP contribution is -2.30. The highest BCUT2D eigenvalue weighted by molar-refractivity contribution is 8.00. The third-order valence-electron chi connectivity index (χ3n) is 6.86. The zero-order valence-corrected chi connectivity index (χ0v) is 27.4. The molecule has 0 fully saturated rings. The molecule has 3 N–H and O–H groups in total. The predicted octanol–water partition coefficient (Wildman–Crippen LogP) is 6.44. The van der Waals surface area contributed by atoms with Crippen LogP contribution in [0.25, 0.3) is 6.08 Å². The highest BCUT2D eigenvalue weighted by atomic mass is 32.2. The van der Waals surface area contributed by atoms with Crippen molar-refractivity contribution >= 4 is 52.7 Å². The molecule has 0 aliphatic rings. The lowest BCUT2D eigenvalue weighted by Gasteiger charge is -2.15. The number of Topliss-reactive ketones (excluding diaryl/α,β-unsaturated/α-hetero) is 1. The van der Waals surface area contributed by atoms with Gasteiger partial charge in [-0.25, -0.2) is 0 Å². The van der Waals surface area contributed by atoms with Crippen LogP contribution >= 0.6 is 11.8 Å². The molecule has 0 aromatic heterocycles. The molecule has 0 heterocycles. The smallest absolute Gasteiger partial charge is 0.272 e. The number of anilines is 2. The molecule has 11 heteroatoms. The van der Waals surface area contributed by atoms with Crippen LogP contribution in [0.3, 0.4) is 0 Å². The zero-order valence-electron chi connectivity index (χ0n) is 26.6. The van der Waals surface area contributed by atoms with Crippen molar-refractivity contribution in [2.45, 2.75) is 24.0 Å². The number of carbonyl (C=O) groups is 4. The first-order valence-corrected chi connectivity index (χ1v) is 15.4. The van der Waals surface area contributed by atoms with Gasteiger partial charge in [-0.2, -0.15) is 0 Å². The SMILES string of the molecule is COc1cc(/C=C(/NC(=O)c2ccccc2)C(=O)Nc2cccc(SC(C)C(=O)Nc3ccc(C(C)=O)cc3)c2)cc(OC)c1OC. The van der Waals surface area contributed by atoms with Gasteiger partial charge in [0.25, 0.3) is 11.8 Å². The molecule has 0 bridgehead atoms. The summed E-state index contributed by atoms with van der Waals surface area (Å²) in [6.45, 7) is 3.25. The van der Waals surface area contributed by atoms with E-state index in [0.717, 1.165) is 4.90 Å². The number of amides is 3. The maximum absolute atomic E-state index is 13.7. The van der Waals surface area contributed by atoms with Crippen LogP contribution in [-0.2, 0) is 9.59 Å². The Labute approximate surface area is 277 Å². The topological polar surface area (TPSA) is 132 Å². The molecule has 47 heavy (non-hydrogen) atoms. The van der Waals surface area contributed by atoms with E-state index in [4.69, 9.17) is 14.2 Å². The number of ether oxygens (including phenoxy) is 3. The molecule has 0 saturated heterocycles. The highest BCUT2D eigenvalue weighted by Crippen LogP contribution is 2.38. The Morgan fingerprint density at radius 1 is 0.723 bits per heavy atom. The highest BCUT2D eigenvalue weighted by Gasteiger charge is 2.19. The summed E-state index contributed by atoms with van der Waals surface area (Å²) in [6.07, 6.45) is 1.51. The molecule has 0 saturated carbocycles. The molecule has 1 unspecified atom stereocenters. The van der Waals surface area contributed by atoms with Gasteiger partial charge in [-0.15, -0.1) is 11.8 Å². The van der Waals surface area contributed by atoms with Gasteiger partial charge in [-0.05, 0) is 92.2 Å². The van der Waals surface area contributed by atoms with E-state index in [9.17, 15) is 19.2 Å². The van der Waals surface area contributed by atoms with Crippen molar-refractivity contribution in [3.05, 3.63) is 113 Å². The third-order valence-corrected chi connectivity index (χ3v) is 7.95. The Morgan fingerprint density at radius 2 is 1.38 bits per heavy atom. The number of benzene rings is 4. The molecule has 1 atom stereocenters. The van der Waals surface area contributed by atoms with E-state index < -0.39 is 17.1 Å². The van der Waals surface area contributed by atoms with Gasteiger partial charge in [0.05, 0.1) is 26.6 Å².